The third-order valence-corrected chi connectivity index (χ3v) is 2.76. The van der Waals surface area contributed by atoms with Crippen molar-refractivity contribution in [2.24, 2.45) is 5.73 Å². The Hall–Kier alpha value is -0.120. The molecule has 0 aliphatic carbocycles. The summed E-state index contributed by atoms with van der Waals surface area (Å²) in [5.74, 6) is 0. The van der Waals surface area contributed by atoms with Crippen LogP contribution in [-0.2, 0) is 9.47 Å². The van der Waals surface area contributed by atoms with Gasteiger partial charge in [0, 0.05) is 32.5 Å². The minimum atomic E-state index is 0.0476. The lowest BCUT2D eigenvalue weighted by atomic mass is 9.86. The van der Waals surface area contributed by atoms with Crippen molar-refractivity contribution in [3.8, 4) is 0 Å². The van der Waals surface area contributed by atoms with Gasteiger partial charge >= 0.3 is 0 Å². The van der Waals surface area contributed by atoms with Gasteiger partial charge < -0.3 is 15.2 Å². The number of hydrogen-bond acceptors (Lipinski definition) is 3. The highest BCUT2D eigenvalue weighted by Crippen LogP contribution is 2.23. The molecule has 13 heavy (non-hydrogen) atoms. The topological polar surface area (TPSA) is 44.5 Å². The van der Waals surface area contributed by atoms with Gasteiger partial charge in [-0.1, -0.05) is 0 Å². The van der Waals surface area contributed by atoms with Crippen molar-refractivity contribution >= 4 is 0 Å². The minimum Gasteiger partial charge on any atom is -0.385 e. The van der Waals surface area contributed by atoms with Crippen molar-refractivity contribution in [2.45, 2.75) is 37.6 Å². The summed E-state index contributed by atoms with van der Waals surface area (Å²) < 4.78 is 10.3. The highest BCUT2D eigenvalue weighted by atomic mass is 16.5. The molecule has 0 unspecified atom stereocenters. The van der Waals surface area contributed by atoms with E-state index in [1.807, 2.05) is 0 Å². The summed E-state index contributed by atoms with van der Waals surface area (Å²) in [6, 6.07) is 0. The van der Waals surface area contributed by atoms with E-state index in [-0.39, 0.29) is 5.54 Å². The number of rotatable bonds is 5. The molecule has 1 rings (SSSR count). The Kier molecular flexibility index (Phi) is 4.70. The van der Waals surface area contributed by atoms with Crippen molar-refractivity contribution in [3.63, 3.8) is 0 Å². The van der Waals surface area contributed by atoms with Gasteiger partial charge in [0.05, 0.1) is 0 Å². The van der Waals surface area contributed by atoms with Crippen molar-refractivity contribution in [1.82, 2.24) is 0 Å². The highest BCUT2D eigenvalue weighted by Gasteiger charge is 2.26. The molecule has 78 valence electrons. The SMILES string of the molecule is COCCCCC1(N)CCOCC1. The molecule has 1 heterocycles. The molecule has 1 aliphatic rings. The van der Waals surface area contributed by atoms with Crippen LogP contribution in [0.1, 0.15) is 32.1 Å². The van der Waals surface area contributed by atoms with Gasteiger partial charge in [0.15, 0.2) is 0 Å². The molecule has 0 aromatic rings. The lowest BCUT2D eigenvalue weighted by Crippen LogP contribution is -2.44. The monoisotopic (exact) mass is 187 g/mol. The van der Waals surface area contributed by atoms with Gasteiger partial charge in [-0.2, -0.15) is 0 Å². The molecular weight excluding hydrogens is 166 g/mol. The Morgan fingerprint density at radius 1 is 1.31 bits per heavy atom. The van der Waals surface area contributed by atoms with Crippen LogP contribution in [0.3, 0.4) is 0 Å². The average Bonchev–Trinajstić information content (AvgIpc) is 2.14. The minimum absolute atomic E-state index is 0.0476. The number of unbranched alkanes of at least 4 members (excludes halogenated alkanes) is 1. The Bertz CT molecular complexity index is 133. The zero-order valence-electron chi connectivity index (χ0n) is 8.55. The van der Waals surface area contributed by atoms with Gasteiger partial charge in [-0.15, -0.1) is 0 Å². The van der Waals surface area contributed by atoms with E-state index in [1.54, 1.807) is 7.11 Å². The molecule has 1 aliphatic heterocycles. The van der Waals surface area contributed by atoms with E-state index in [2.05, 4.69) is 0 Å². The molecule has 0 spiro atoms. The molecule has 0 amide bonds. The van der Waals surface area contributed by atoms with Crippen molar-refractivity contribution in [1.29, 1.82) is 0 Å². The maximum Gasteiger partial charge on any atom is 0.0483 e. The Balaban J connectivity index is 2.10. The van der Waals surface area contributed by atoms with Gasteiger partial charge in [-0.05, 0) is 32.1 Å². The molecule has 0 saturated carbocycles. The molecule has 3 nitrogen and oxygen atoms in total. The third-order valence-electron chi connectivity index (χ3n) is 2.76. The largest absolute Gasteiger partial charge is 0.385 e. The van der Waals surface area contributed by atoms with Crippen LogP contribution in [0.2, 0.25) is 0 Å². The van der Waals surface area contributed by atoms with Gasteiger partial charge in [-0.25, -0.2) is 0 Å². The standard InChI is InChI=1S/C10H21NO2/c1-12-7-3-2-4-10(11)5-8-13-9-6-10/h2-9,11H2,1H3. The summed E-state index contributed by atoms with van der Waals surface area (Å²) in [6.45, 7) is 2.52. The van der Waals surface area contributed by atoms with Crippen molar-refractivity contribution in [3.05, 3.63) is 0 Å². The molecule has 1 saturated heterocycles. The second-order valence-electron chi connectivity index (χ2n) is 3.92. The van der Waals surface area contributed by atoms with E-state index in [1.165, 1.54) is 6.42 Å². The first-order chi connectivity index (χ1) is 6.27. The summed E-state index contributed by atoms with van der Waals surface area (Å²) >= 11 is 0. The Labute approximate surface area is 80.6 Å². The van der Waals surface area contributed by atoms with Crippen LogP contribution >= 0.6 is 0 Å². The predicted octanol–water partition coefficient (Wildman–Crippen LogP) is 1.31. The average molecular weight is 187 g/mol. The number of hydrogen-bond donors (Lipinski definition) is 1. The van der Waals surface area contributed by atoms with Crippen molar-refractivity contribution < 1.29 is 9.47 Å². The van der Waals surface area contributed by atoms with E-state index in [0.29, 0.717) is 0 Å². The first-order valence-electron chi connectivity index (χ1n) is 5.12. The van der Waals surface area contributed by atoms with Crippen LogP contribution in [-0.4, -0.2) is 32.5 Å². The molecule has 0 bridgehead atoms. The van der Waals surface area contributed by atoms with E-state index < -0.39 is 0 Å². The van der Waals surface area contributed by atoms with Crippen LogP contribution in [0.5, 0.6) is 0 Å². The Morgan fingerprint density at radius 3 is 2.62 bits per heavy atom. The summed E-state index contributed by atoms with van der Waals surface area (Å²) in [7, 11) is 1.74. The van der Waals surface area contributed by atoms with E-state index in [4.69, 9.17) is 15.2 Å². The van der Waals surface area contributed by atoms with Crippen LogP contribution in [0, 0.1) is 0 Å². The maximum atomic E-state index is 6.22. The summed E-state index contributed by atoms with van der Waals surface area (Å²) in [4.78, 5) is 0. The fourth-order valence-corrected chi connectivity index (χ4v) is 1.75. The van der Waals surface area contributed by atoms with Crippen LogP contribution < -0.4 is 5.73 Å². The normalized spacial score (nSPS) is 21.7. The van der Waals surface area contributed by atoms with Crippen LogP contribution in [0.15, 0.2) is 0 Å². The maximum absolute atomic E-state index is 6.22. The molecule has 0 aromatic carbocycles. The second-order valence-corrected chi connectivity index (χ2v) is 3.92. The molecular formula is C10H21NO2. The number of methoxy groups -OCH3 is 1. The molecule has 0 aromatic heterocycles. The van der Waals surface area contributed by atoms with Gasteiger partial charge in [0.25, 0.3) is 0 Å². The Morgan fingerprint density at radius 2 is 2.00 bits per heavy atom. The van der Waals surface area contributed by atoms with Crippen LogP contribution in [0.25, 0.3) is 0 Å². The fraction of sp³-hybridized carbons (Fsp3) is 1.00. The van der Waals surface area contributed by atoms with Gasteiger partial charge in [-0.3, -0.25) is 0 Å². The molecule has 0 atom stereocenters. The fourth-order valence-electron chi connectivity index (χ4n) is 1.75. The number of ether oxygens (including phenoxy) is 2. The predicted molar refractivity (Wildman–Crippen MR) is 52.7 cm³/mol. The van der Waals surface area contributed by atoms with E-state index in [9.17, 15) is 0 Å². The van der Waals surface area contributed by atoms with Gasteiger partial charge in [0.2, 0.25) is 0 Å². The molecule has 3 heteroatoms. The lowest BCUT2D eigenvalue weighted by molar-refractivity contribution is 0.0485. The van der Waals surface area contributed by atoms with Crippen LogP contribution in [0.4, 0.5) is 0 Å². The first-order valence-corrected chi connectivity index (χ1v) is 5.12. The summed E-state index contributed by atoms with van der Waals surface area (Å²) in [6.07, 6.45) is 5.43. The zero-order chi connectivity index (χ0) is 9.57. The number of nitrogens with two attached hydrogens (primary N) is 1. The highest BCUT2D eigenvalue weighted by molar-refractivity contribution is 4.85. The second kappa shape index (κ2) is 5.58. The van der Waals surface area contributed by atoms with Gasteiger partial charge in [0.1, 0.15) is 0 Å². The first kappa shape index (κ1) is 11.0. The molecule has 2 N–H and O–H groups in total. The summed E-state index contributed by atoms with van der Waals surface area (Å²) in [5, 5.41) is 0. The zero-order valence-corrected chi connectivity index (χ0v) is 8.55. The molecule has 0 radical (unpaired) electrons. The quantitative estimate of drug-likeness (QED) is 0.660. The van der Waals surface area contributed by atoms with Crippen molar-refractivity contribution in [2.75, 3.05) is 26.9 Å². The summed E-state index contributed by atoms with van der Waals surface area (Å²) in [5.41, 5.74) is 6.27. The van der Waals surface area contributed by atoms with E-state index >= 15 is 0 Å². The third kappa shape index (κ3) is 4.07. The molecule has 1 fully saturated rings. The smallest absolute Gasteiger partial charge is 0.0483 e. The van der Waals surface area contributed by atoms with E-state index in [0.717, 1.165) is 45.5 Å². The lowest BCUT2D eigenvalue weighted by Gasteiger charge is -2.33.